The molecule has 3 aromatic rings. The van der Waals surface area contributed by atoms with Gasteiger partial charge in [-0.1, -0.05) is 57.4 Å². The molecule has 3 rings (SSSR count). The van der Waals surface area contributed by atoms with E-state index >= 15 is 0 Å². The first-order valence-electron chi connectivity index (χ1n) is 10.2. The van der Waals surface area contributed by atoms with E-state index in [9.17, 15) is 0 Å². The van der Waals surface area contributed by atoms with Gasteiger partial charge in [-0.05, 0) is 125 Å². The van der Waals surface area contributed by atoms with Crippen molar-refractivity contribution < 1.29 is 0 Å². The molecule has 3 aromatic carbocycles. The molecule has 0 fully saturated rings. The van der Waals surface area contributed by atoms with Crippen LogP contribution >= 0.6 is 23.9 Å². The minimum atomic E-state index is -0.654. The van der Waals surface area contributed by atoms with Crippen molar-refractivity contribution in [1.82, 2.24) is 0 Å². The van der Waals surface area contributed by atoms with Gasteiger partial charge < -0.3 is 0 Å². The van der Waals surface area contributed by atoms with Gasteiger partial charge in [-0.3, -0.25) is 0 Å². The molecule has 0 saturated carbocycles. The van der Waals surface area contributed by atoms with E-state index in [1.54, 1.807) is 0 Å². The summed E-state index contributed by atoms with van der Waals surface area (Å²) < 4.78 is 1.25. The van der Waals surface area contributed by atoms with Crippen molar-refractivity contribution in [1.29, 1.82) is 0 Å². The maximum atomic E-state index is 3.89. The molecule has 0 spiro atoms. The fraction of sp³-hybridized carbons (Fsp3) is 0.333. The molecule has 0 amide bonds. The van der Waals surface area contributed by atoms with E-state index in [-0.39, 0.29) is 0 Å². The molecule has 152 valence electrons. The second-order valence-corrected chi connectivity index (χ2v) is 11.4. The molecule has 2 heteroatoms. The van der Waals surface area contributed by atoms with Crippen LogP contribution in [0, 0.1) is 62.3 Å². The van der Waals surface area contributed by atoms with Crippen LogP contribution in [0.2, 0.25) is 0 Å². The number of hydrogen-bond donors (Lipinski definition) is 0. The molecule has 29 heavy (non-hydrogen) atoms. The number of aryl methyl sites for hydroxylation is 8. The predicted molar refractivity (Wildman–Crippen MR) is 135 cm³/mol. The molecule has 0 aromatic heterocycles. The number of benzene rings is 3. The van der Waals surface area contributed by atoms with Gasteiger partial charge in [0.1, 0.15) is 0 Å². The van der Waals surface area contributed by atoms with Gasteiger partial charge in [-0.25, -0.2) is 0 Å². The summed E-state index contributed by atoms with van der Waals surface area (Å²) >= 11 is 3.89. The zero-order valence-corrected chi connectivity index (χ0v) is 21.7. The van der Waals surface area contributed by atoms with Gasteiger partial charge in [0.05, 0.1) is 0 Å². The lowest BCUT2D eigenvalue weighted by Gasteiger charge is -2.30. The minimum Gasteiger partial charge on any atom is -0.0557 e. The maximum Gasteiger partial charge on any atom is 0.0240 e. The lowest BCUT2D eigenvalue weighted by molar-refractivity contribution is 1.32. The average molecular weight is 467 g/mol. The van der Waals surface area contributed by atoms with E-state index in [4.69, 9.17) is 0 Å². The normalized spacial score (nSPS) is 11.4. The highest BCUT2D eigenvalue weighted by atomic mass is 79.9. The zero-order chi connectivity index (χ0) is 21.6. The topological polar surface area (TPSA) is 0 Å². The molecule has 0 nitrogen and oxygen atoms in total. The van der Waals surface area contributed by atoms with Gasteiger partial charge in [-0.2, -0.15) is 0 Å². The Bertz CT molecular complexity index is 1000. The van der Waals surface area contributed by atoms with Crippen molar-refractivity contribution in [3.63, 3.8) is 0 Å². The highest BCUT2D eigenvalue weighted by molar-refractivity contribution is 9.10. The zero-order valence-electron chi connectivity index (χ0n) is 19.2. The summed E-state index contributed by atoms with van der Waals surface area (Å²) in [5, 5.41) is 4.53. The van der Waals surface area contributed by atoms with E-state index < -0.39 is 7.92 Å². The van der Waals surface area contributed by atoms with Gasteiger partial charge in [0.2, 0.25) is 0 Å². The first-order valence-corrected chi connectivity index (χ1v) is 12.4. The Balaban J connectivity index is 2.48. The SMILES string of the molecule is Cc1cc(C)c(P(c2c(C)cc(C)cc2C)c2c(C)cc(C)c(Br)c2C)c(C)c1. The minimum absolute atomic E-state index is 0.654. The van der Waals surface area contributed by atoms with E-state index in [2.05, 4.69) is 109 Å². The van der Waals surface area contributed by atoms with Gasteiger partial charge in [0.15, 0.2) is 0 Å². The van der Waals surface area contributed by atoms with Crippen LogP contribution in [0.25, 0.3) is 0 Å². The summed E-state index contributed by atoms with van der Waals surface area (Å²) in [6, 6.07) is 11.8. The third kappa shape index (κ3) is 4.10. The highest BCUT2D eigenvalue weighted by Crippen LogP contribution is 2.42. The van der Waals surface area contributed by atoms with Crippen LogP contribution < -0.4 is 15.9 Å². The lowest BCUT2D eigenvalue weighted by Crippen LogP contribution is -2.30. The Kier molecular flexibility index (Phi) is 6.42. The van der Waals surface area contributed by atoms with Crippen molar-refractivity contribution >= 4 is 39.8 Å². The third-order valence-electron chi connectivity index (χ3n) is 5.78. The first kappa shape index (κ1) is 22.3. The molecule has 0 unspecified atom stereocenters. The molecule has 0 aliphatic carbocycles. The maximum absolute atomic E-state index is 3.89. The first-order chi connectivity index (χ1) is 13.5. The quantitative estimate of drug-likeness (QED) is 0.365. The standard InChI is InChI=1S/C27H32BrP/c1-15-10-18(4)25(19(5)11-15)29(26-20(6)12-16(2)13-21(26)7)27-22(8)14-17(3)24(28)23(27)9/h10-14H,1-9H3. The molecule has 0 saturated heterocycles. The summed E-state index contributed by atoms with van der Waals surface area (Å²) in [5.74, 6) is 0. The second-order valence-electron chi connectivity index (χ2n) is 8.63. The summed E-state index contributed by atoms with van der Waals surface area (Å²) in [4.78, 5) is 0. The van der Waals surface area contributed by atoms with Gasteiger partial charge >= 0.3 is 0 Å². The van der Waals surface area contributed by atoms with Crippen LogP contribution in [0.15, 0.2) is 34.8 Å². The lowest BCUT2D eigenvalue weighted by atomic mass is 10.1. The second kappa shape index (κ2) is 8.37. The Labute approximate surface area is 186 Å². The highest BCUT2D eigenvalue weighted by Gasteiger charge is 2.27. The van der Waals surface area contributed by atoms with E-state index in [0.717, 1.165) is 0 Å². The van der Waals surface area contributed by atoms with Crippen molar-refractivity contribution in [3.05, 3.63) is 84.9 Å². The molecule has 0 atom stereocenters. The smallest absolute Gasteiger partial charge is 0.0240 e. The summed E-state index contributed by atoms with van der Waals surface area (Å²) in [6.07, 6.45) is 0. The molecule has 0 aliphatic heterocycles. The van der Waals surface area contributed by atoms with Crippen molar-refractivity contribution in [2.24, 2.45) is 0 Å². The molecular formula is C27H32BrP. The van der Waals surface area contributed by atoms with Crippen LogP contribution in [0.4, 0.5) is 0 Å². The van der Waals surface area contributed by atoms with Crippen LogP contribution in [0.1, 0.15) is 50.1 Å². The molecule has 0 bridgehead atoms. The van der Waals surface area contributed by atoms with Crippen molar-refractivity contribution in [2.75, 3.05) is 0 Å². The van der Waals surface area contributed by atoms with Gasteiger partial charge in [0.25, 0.3) is 0 Å². The van der Waals surface area contributed by atoms with Crippen LogP contribution in [-0.2, 0) is 0 Å². The monoisotopic (exact) mass is 466 g/mol. The Morgan fingerprint density at radius 1 is 0.483 bits per heavy atom. The predicted octanol–water partition coefficient (Wildman–Crippen LogP) is 6.98. The Morgan fingerprint density at radius 2 is 0.828 bits per heavy atom. The van der Waals surface area contributed by atoms with E-state index in [1.165, 1.54) is 70.5 Å². The van der Waals surface area contributed by atoms with Gasteiger partial charge in [0, 0.05) is 4.47 Å². The molecule has 0 heterocycles. The van der Waals surface area contributed by atoms with Crippen LogP contribution in [0.5, 0.6) is 0 Å². The third-order valence-corrected chi connectivity index (χ3v) is 10.4. The fourth-order valence-electron chi connectivity index (χ4n) is 4.88. The van der Waals surface area contributed by atoms with Crippen LogP contribution in [0.3, 0.4) is 0 Å². The van der Waals surface area contributed by atoms with Crippen molar-refractivity contribution in [3.8, 4) is 0 Å². The molecule has 0 aliphatic rings. The Hall–Kier alpha value is -1.43. The summed E-state index contributed by atoms with van der Waals surface area (Å²) in [5.41, 5.74) is 12.4. The van der Waals surface area contributed by atoms with Crippen LogP contribution in [-0.4, -0.2) is 0 Å². The van der Waals surface area contributed by atoms with E-state index in [1.807, 2.05) is 0 Å². The largest absolute Gasteiger partial charge is 0.0557 e. The molecule has 0 N–H and O–H groups in total. The Morgan fingerprint density at radius 3 is 1.21 bits per heavy atom. The van der Waals surface area contributed by atoms with E-state index in [0.29, 0.717) is 0 Å². The number of hydrogen-bond acceptors (Lipinski definition) is 0. The summed E-state index contributed by atoms with van der Waals surface area (Å²) in [6.45, 7) is 20.3. The van der Waals surface area contributed by atoms with Gasteiger partial charge in [-0.15, -0.1) is 0 Å². The number of rotatable bonds is 3. The molecule has 0 radical (unpaired) electrons. The summed E-state index contributed by atoms with van der Waals surface area (Å²) in [7, 11) is -0.654. The fourth-order valence-corrected chi connectivity index (χ4v) is 8.55. The molecular weight excluding hydrogens is 435 g/mol. The number of halogens is 1. The van der Waals surface area contributed by atoms with Crippen molar-refractivity contribution in [2.45, 2.75) is 62.3 Å². The average Bonchev–Trinajstić information content (AvgIpc) is 2.57.